The summed E-state index contributed by atoms with van der Waals surface area (Å²) in [4.78, 5) is 12.4. The smallest absolute Gasteiger partial charge is 0.217 e. The first-order chi connectivity index (χ1) is 17.5. The second kappa shape index (κ2) is 23.0. The molecule has 0 saturated carbocycles. The molecule has 0 aliphatic carbocycles. The van der Waals surface area contributed by atoms with Crippen LogP contribution in [0.3, 0.4) is 0 Å². The number of benzene rings is 1. The number of rotatable bonds is 24. The summed E-state index contributed by atoms with van der Waals surface area (Å²) in [5, 5.41) is 2.95. The van der Waals surface area contributed by atoms with Gasteiger partial charge in [0, 0.05) is 24.2 Å². The molecule has 1 amide bonds. The lowest BCUT2D eigenvalue weighted by Gasteiger charge is -2.18. The van der Waals surface area contributed by atoms with Crippen LogP contribution >= 0.6 is 0 Å². The third-order valence-electron chi connectivity index (χ3n) is 6.80. The van der Waals surface area contributed by atoms with Crippen molar-refractivity contribution < 1.29 is 13.7 Å². The van der Waals surface area contributed by atoms with Gasteiger partial charge in [0.1, 0.15) is 0 Å². The molecule has 208 valence electrons. The predicted molar refractivity (Wildman–Crippen MR) is 155 cm³/mol. The Balaban J connectivity index is 1.97. The van der Waals surface area contributed by atoms with Gasteiger partial charge in [-0.25, -0.2) is 0 Å². The van der Waals surface area contributed by atoms with E-state index >= 15 is 0 Å². The summed E-state index contributed by atoms with van der Waals surface area (Å²) in [7, 11) is -1.05. The Morgan fingerprint density at radius 1 is 0.806 bits per heavy atom. The van der Waals surface area contributed by atoms with Crippen LogP contribution in [0.15, 0.2) is 29.2 Å². The predicted octanol–water partition coefficient (Wildman–Crippen LogP) is 8.28. The van der Waals surface area contributed by atoms with Crippen molar-refractivity contribution in [3.05, 3.63) is 29.8 Å². The molecular weight excluding hydrogens is 466 g/mol. The minimum Gasteiger partial charge on any atom is -0.379 e. The van der Waals surface area contributed by atoms with Gasteiger partial charge in [-0.1, -0.05) is 121 Å². The minimum absolute atomic E-state index is 0.0628. The molecule has 0 radical (unpaired) electrons. The number of carbonyl (C=O) groups excluding carboxylic acids is 1. The number of hydrogen-bond donors (Lipinski definition) is 1. The maximum absolute atomic E-state index is 12.5. The molecule has 1 N–H and O–H groups in total. The zero-order valence-corrected chi connectivity index (χ0v) is 24.5. The van der Waals surface area contributed by atoms with Gasteiger partial charge in [0.25, 0.3) is 0 Å². The molecule has 1 aromatic carbocycles. The molecule has 0 fully saturated rings. The third-order valence-corrected chi connectivity index (χ3v) is 8.21. The second-order valence-electron chi connectivity index (χ2n) is 10.4. The first kappa shape index (κ1) is 32.8. The zero-order valence-electron chi connectivity index (χ0n) is 23.7. The molecule has 0 aliphatic heterocycles. The van der Waals surface area contributed by atoms with Crippen LogP contribution in [0.25, 0.3) is 0 Å². The van der Waals surface area contributed by atoms with E-state index in [1.807, 2.05) is 31.2 Å². The van der Waals surface area contributed by atoms with Crippen LogP contribution in [-0.2, 0) is 20.3 Å². The summed E-state index contributed by atoms with van der Waals surface area (Å²) in [6, 6.07) is 7.73. The highest BCUT2D eigenvalue weighted by Gasteiger charge is 2.13. The molecule has 2 unspecified atom stereocenters. The Bertz CT molecular complexity index is 677. The first-order valence-electron chi connectivity index (χ1n) is 14.8. The molecule has 0 spiro atoms. The summed E-state index contributed by atoms with van der Waals surface area (Å²) in [6.07, 6.45) is 22.4. The molecular formula is C31H55NO3S. The molecule has 5 heteroatoms. The van der Waals surface area contributed by atoms with Crippen LogP contribution in [-0.4, -0.2) is 35.1 Å². The van der Waals surface area contributed by atoms with Gasteiger partial charge in [0.05, 0.1) is 23.4 Å². The Kier molecular flexibility index (Phi) is 20.9. The first-order valence-corrected chi connectivity index (χ1v) is 16.1. The van der Waals surface area contributed by atoms with Crippen LogP contribution < -0.4 is 5.32 Å². The summed E-state index contributed by atoms with van der Waals surface area (Å²) in [5.41, 5.74) is 1.16. The van der Waals surface area contributed by atoms with Crippen molar-refractivity contribution in [1.82, 2.24) is 5.32 Å². The standard InChI is InChI=1S/C31H55NO3S/c1-4-5-6-7-8-9-10-11-12-13-14-15-16-17-18-19-25-35-27-30(32-29(3)33)24-26-36(34)31-22-20-28(2)21-23-31/h20-23,30H,4-19,24-27H2,1-3H3,(H,32,33). The van der Waals surface area contributed by atoms with E-state index in [-0.39, 0.29) is 11.9 Å². The van der Waals surface area contributed by atoms with Crippen LogP contribution in [0.4, 0.5) is 0 Å². The topological polar surface area (TPSA) is 55.4 Å². The summed E-state index contributed by atoms with van der Waals surface area (Å²) < 4.78 is 18.4. The van der Waals surface area contributed by atoms with Gasteiger partial charge < -0.3 is 10.1 Å². The summed E-state index contributed by atoms with van der Waals surface area (Å²) in [5.74, 6) is 0.461. The fourth-order valence-corrected chi connectivity index (χ4v) is 5.69. The molecule has 0 aliphatic rings. The lowest BCUT2D eigenvalue weighted by atomic mass is 10.0. The molecule has 0 heterocycles. The van der Waals surface area contributed by atoms with Gasteiger partial charge in [-0.3, -0.25) is 9.00 Å². The normalized spacial score (nSPS) is 13.0. The van der Waals surface area contributed by atoms with Crippen molar-refractivity contribution in [2.75, 3.05) is 19.0 Å². The zero-order chi connectivity index (χ0) is 26.3. The molecule has 36 heavy (non-hydrogen) atoms. The maximum atomic E-state index is 12.5. The monoisotopic (exact) mass is 521 g/mol. The number of aryl methyl sites for hydroxylation is 1. The van der Waals surface area contributed by atoms with Crippen LogP contribution in [0.2, 0.25) is 0 Å². The third kappa shape index (κ3) is 19.0. The van der Waals surface area contributed by atoms with E-state index in [1.165, 1.54) is 103 Å². The van der Waals surface area contributed by atoms with Crippen molar-refractivity contribution in [3.63, 3.8) is 0 Å². The largest absolute Gasteiger partial charge is 0.379 e. The van der Waals surface area contributed by atoms with E-state index in [0.717, 1.165) is 23.5 Å². The van der Waals surface area contributed by atoms with E-state index in [1.54, 1.807) is 0 Å². The quantitative estimate of drug-likeness (QED) is 0.139. The van der Waals surface area contributed by atoms with E-state index < -0.39 is 10.8 Å². The highest BCUT2D eigenvalue weighted by molar-refractivity contribution is 7.85. The highest BCUT2D eigenvalue weighted by Crippen LogP contribution is 2.14. The van der Waals surface area contributed by atoms with E-state index in [4.69, 9.17) is 4.74 Å². The van der Waals surface area contributed by atoms with E-state index in [0.29, 0.717) is 18.8 Å². The molecule has 4 nitrogen and oxygen atoms in total. The van der Waals surface area contributed by atoms with Crippen molar-refractivity contribution in [2.45, 2.75) is 141 Å². The fraction of sp³-hybridized carbons (Fsp3) is 0.774. The Morgan fingerprint density at radius 2 is 1.28 bits per heavy atom. The Hall–Kier alpha value is -1.20. The van der Waals surface area contributed by atoms with Crippen molar-refractivity contribution >= 4 is 16.7 Å². The number of ether oxygens (including phenoxy) is 1. The van der Waals surface area contributed by atoms with Gasteiger partial charge in [0.15, 0.2) is 0 Å². The van der Waals surface area contributed by atoms with Crippen molar-refractivity contribution in [2.24, 2.45) is 0 Å². The molecule has 0 saturated heterocycles. The van der Waals surface area contributed by atoms with E-state index in [2.05, 4.69) is 12.2 Å². The number of carbonyl (C=O) groups is 1. The number of hydrogen-bond acceptors (Lipinski definition) is 3. The molecule has 1 aromatic rings. The maximum Gasteiger partial charge on any atom is 0.217 e. The number of amides is 1. The average Bonchev–Trinajstić information content (AvgIpc) is 2.86. The van der Waals surface area contributed by atoms with Gasteiger partial charge in [-0.05, 0) is 31.9 Å². The number of nitrogens with one attached hydrogen (secondary N) is 1. The molecule has 0 bridgehead atoms. The lowest BCUT2D eigenvalue weighted by Crippen LogP contribution is -2.38. The minimum atomic E-state index is -1.05. The fourth-order valence-electron chi connectivity index (χ4n) is 4.52. The van der Waals surface area contributed by atoms with Crippen LogP contribution in [0, 0.1) is 6.92 Å². The SMILES string of the molecule is CCCCCCCCCCCCCCCCCCOCC(CCS(=O)c1ccc(C)cc1)NC(C)=O. The van der Waals surface area contributed by atoms with Gasteiger partial charge in [0.2, 0.25) is 5.91 Å². The summed E-state index contributed by atoms with van der Waals surface area (Å²) in [6.45, 7) is 7.05. The van der Waals surface area contributed by atoms with E-state index in [9.17, 15) is 9.00 Å². The van der Waals surface area contributed by atoms with Gasteiger partial charge in [-0.15, -0.1) is 0 Å². The highest BCUT2D eigenvalue weighted by atomic mass is 32.2. The number of unbranched alkanes of at least 4 members (excludes halogenated alkanes) is 15. The lowest BCUT2D eigenvalue weighted by molar-refractivity contribution is -0.120. The van der Waals surface area contributed by atoms with Crippen molar-refractivity contribution in [3.8, 4) is 0 Å². The van der Waals surface area contributed by atoms with Crippen LogP contribution in [0.5, 0.6) is 0 Å². The summed E-state index contributed by atoms with van der Waals surface area (Å²) >= 11 is 0. The average molecular weight is 522 g/mol. The van der Waals surface area contributed by atoms with Gasteiger partial charge in [-0.2, -0.15) is 0 Å². The molecule has 1 rings (SSSR count). The molecule has 0 aromatic heterocycles. The van der Waals surface area contributed by atoms with Crippen LogP contribution in [0.1, 0.15) is 129 Å². The second-order valence-corrected chi connectivity index (χ2v) is 12.0. The van der Waals surface area contributed by atoms with Crippen molar-refractivity contribution in [1.29, 1.82) is 0 Å². The Morgan fingerprint density at radius 3 is 1.75 bits per heavy atom. The molecule has 2 atom stereocenters. The Labute approximate surface area is 225 Å². The van der Waals surface area contributed by atoms with Gasteiger partial charge >= 0.3 is 0 Å².